The van der Waals surface area contributed by atoms with Crippen molar-refractivity contribution in [2.75, 3.05) is 29.5 Å². The highest BCUT2D eigenvalue weighted by atomic mass is 16.1. The number of fused-ring (bicyclic) bond motifs is 1. The molecule has 0 fully saturated rings. The van der Waals surface area contributed by atoms with Gasteiger partial charge in [0.05, 0.1) is 23.4 Å². The molecule has 3 N–H and O–H groups in total. The van der Waals surface area contributed by atoms with E-state index in [1.54, 1.807) is 6.07 Å². The molecule has 100 valence electrons. The van der Waals surface area contributed by atoms with Crippen LogP contribution in [0.5, 0.6) is 0 Å². The van der Waals surface area contributed by atoms with Crippen LogP contribution in [0, 0.1) is 17.2 Å². The van der Waals surface area contributed by atoms with Crippen molar-refractivity contribution in [2.45, 2.75) is 19.8 Å². The van der Waals surface area contributed by atoms with Crippen LogP contribution in [0.15, 0.2) is 12.1 Å². The first kappa shape index (κ1) is 13.2. The fourth-order valence-electron chi connectivity index (χ4n) is 2.31. The van der Waals surface area contributed by atoms with Gasteiger partial charge in [-0.3, -0.25) is 4.79 Å². The number of nitrogen functional groups attached to an aromatic ring is 1. The fourth-order valence-corrected chi connectivity index (χ4v) is 2.31. The van der Waals surface area contributed by atoms with Crippen LogP contribution in [0.4, 0.5) is 17.1 Å². The van der Waals surface area contributed by atoms with Gasteiger partial charge in [0.25, 0.3) is 0 Å². The van der Waals surface area contributed by atoms with E-state index in [4.69, 9.17) is 11.0 Å². The summed E-state index contributed by atoms with van der Waals surface area (Å²) in [6.45, 7) is 2.51. The fraction of sp³-hybridized carbons (Fsp3) is 0.429. The Morgan fingerprint density at radius 3 is 2.95 bits per heavy atom. The Morgan fingerprint density at radius 2 is 2.26 bits per heavy atom. The molecule has 0 saturated heterocycles. The van der Waals surface area contributed by atoms with Crippen LogP contribution >= 0.6 is 0 Å². The predicted octanol–water partition coefficient (Wildman–Crippen LogP) is 1.75. The van der Waals surface area contributed by atoms with E-state index >= 15 is 0 Å². The monoisotopic (exact) mass is 258 g/mol. The van der Waals surface area contributed by atoms with Crippen molar-refractivity contribution in [1.29, 1.82) is 5.26 Å². The SMILES string of the molecule is CC(C#N)CN(C)c1cc2c(cc1N)NC(=O)CC2. The average molecular weight is 258 g/mol. The van der Waals surface area contributed by atoms with Gasteiger partial charge in [-0.2, -0.15) is 5.26 Å². The number of rotatable bonds is 3. The Kier molecular flexibility index (Phi) is 3.61. The quantitative estimate of drug-likeness (QED) is 0.809. The zero-order valence-corrected chi connectivity index (χ0v) is 11.2. The minimum Gasteiger partial charge on any atom is -0.397 e. The molecule has 1 amide bonds. The lowest BCUT2D eigenvalue weighted by molar-refractivity contribution is -0.116. The molecule has 1 aromatic rings. The normalized spacial score (nSPS) is 15.1. The maximum Gasteiger partial charge on any atom is 0.224 e. The molecule has 5 heteroatoms. The lowest BCUT2D eigenvalue weighted by Gasteiger charge is -2.25. The number of anilines is 3. The summed E-state index contributed by atoms with van der Waals surface area (Å²) < 4.78 is 0. The number of benzene rings is 1. The topological polar surface area (TPSA) is 82.2 Å². The van der Waals surface area contributed by atoms with E-state index in [9.17, 15) is 4.79 Å². The molecule has 1 aromatic carbocycles. The molecule has 0 spiro atoms. The van der Waals surface area contributed by atoms with Crippen molar-refractivity contribution in [3.05, 3.63) is 17.7 Å². The van der Waals surface area contributed by atoms with Gasteiger partial charge in [0.15, 0.2) is 0 Å². The van der Waals surface area contributed by atoms with E-state index in [1.807, 2.05) is 24.9 Å². The molecule has 5 nitrogen and oxygen atoms in total. The Hall–Kier alpha value is -2.22. The van der Waals surface area contributed by atoms with Crippen molar-refractivity contribution in [3.8, 4) is 6.07 Å². The van der Waals surface area contributed by atoms with E-state index in [0.29, 0.717) is 18.7 Å². The summed E-state index contributed by atoms with van der Waals surface area (Å²) >= 11 is 0. The van der Waals surface area contributed by atoms with Crippen molar-refractivity contribution in [1.82, 2.24) is 0 Å². The first-order valence-electron chi connectivity index (χ1n) is 6.34. The van der Waals surface area contributed by atoms with Crippen LogP contribution < -0.4 is 16.0 Å². The molecule has 0 bridgehead atoms. The van der Waals surface area contributed by atoms with Gasteiger partial charge in [-0.15, -0.1) is 0 Å². The van der Waals surface area contributed by atoms with E-state index in [-0.39, 0.29) is 11.8 Å². The highest BCUT2D eigenvalue weighted by Gasteiger charge is 2.18. The van der Waals surface area contributed by atoms with Gasteiger partial charge in [0, 0.05) is 25.7 Å². The number of hydrogen-bond donors (Lipinski definition) is 2. The molecule has 19 heavy (non-hydrogen) atoms. The van der Waals surface area contributed by atoms with Gasteiger partial charge in [-0.25, -0.2) is 0 Å². The minimum atomic E-state index is -0.0554. The molecular formula is C14H18N4O. The number of aryl methyl sites for hydroxylation is 1. The number of nitrogens with zero attached hydrogens (tertiary/aromatic N) is 2. The van der Waals surface area contributed by atoms with Crippen LogP contribution in [-0.4, -0.2) is 19.5 Å². The van der Waals surface area contributed by atoms with Crippen molar-refractivity contribution >= 4 is 23.0 Å². The van der Waals surface area contributed by atoms with Gasteiger partial charge < -0.3 is 16.0 Å². The van der Waals surface area contributed by atoms with Gasteiger partial charge in [-0.05, 0) is 31.0 Å². The van der Waals surface area contributed by atoms with Crippen LogP contribution in [0.1, 0.15) is 18.9 Å². The van der Waals surface area contributed by atoms with Gasteiger partial charge in [0.2, 0.25) is 5.91 Å². The summed E-state index contributed by atoms with van der Waals surface area (Å²) in [5.41, 5.74) is 9.47. The lowest BCUT2D eigenvalue weighted by Crippen LogP contribution is -2.25. The standard InChI is InChI=1S/C14H18N4O/c1-9(7-15)8-18(2)13-5-10-3-4-14(19)17-12(10)6-11(13)16/h5-6,9H,3-4,8,16H2,1-2H3,(H,17,19). The molecule has 0 saturated carbocycles. The van der Waals surface area contributed by atoms with E-state index in [2.05, 4.69) is 11.4 Å². The van der Waals surface area contributed by atoms with Crippen molar-refractivity contribution in [2.24, 2.45) is 5.92 Å². The first-order valence-corrected chi connectivity index (χ1v) is 6.34. The van der Waals surface area contributed by atoms with Crippen LogP contribution in [-0.2, 0) is 11.2 Å². The summed E-state index contributed by atoms with van der Waals surface area (Å²) in [6, 6.07) is 6.02. The van der Waals surface area contributed by atoms with E-state index < -0.39 is 0 Å². The van der Waals surface area contributed by atoms with Gasteiger partial charge in [-0.1, -0.05) is 0 Å². The maximum absolute atomic E-state index is 11.3. The molecule has 0 radical (unpaired) electrons. The summed E-state index contributed by atoms with van der Waals surface area (Å²) in [5.74, 6) is -0.0220. The van der Waals surface area contributed by atoms with Gasteiger partial charge in [0.1, 0.15) is 0 Å². The van der Waals surface area contributed by atoms with E-state index in [0.717, 1.165) is 23.4 Å². The van der Waals surface area contributed by atoms with Crippen molar-refractivity contribution < 1.29 is 4.79 Å². The second kappa shape index (κ2) is 5.19. The largest absolute Gasteiger partial charge is 0.397 e. The smallest absolute Gasteiger partial charge is 0.224 e. The molecular weight excluding hydrogens is 240 g/mol. The zero-order chi connectivity index (χ0) is 14.0. The number of amides is 1. The molecule has 2 rings (SSSR count). The van der Waals surface area contributed by atoms with Crippen molar-refractivity contribution in [3.63, 3.8) is 0 Å². The first-order chi connectivity index (χ1) is 9.01. The molecule has 0 aromatic heterocycles. The zero-order valence-electron chi connectivity index (χ0n) is 11.2. The van der Waals surface area contributed by atoms with Gasteiger partial charge >= 0.3 is 0 Å². The highest BCUT2D eigenvalue weighted by Crippen LogP contribution is 2.32. The third-order valence-electron chi connectivity index (χ3n) is 3.33. The number of hydrogen-bond acceptors (Lipinski definition) is 4. The summed E-state index contributed by atoms with van der Waals surface area (Å²) in [5, 5.41) is 11.7. The Balaban J connectivity index is 2.28. The maximum atomic E-state index is 11.3. The molecule has 1 aliphatic heterocycles. The predicted molar refractivity (Wildman–Crippen MR) is 75.9 cm³/mol. The van der Waals surface area contributed by atoms with Crippen LogP contribution in [0.25, 0.3) is 0 Å². The molecule has 1 unspecified atom stereocenters. The highest BCUT2D eigenvalue weighted by molar-refractivity contribution is 5.95. The summed E-state index contributed by atoms with van der Waals surface area (Å²) in [7, 11) is 1.92. The second-order valence-corrected chi connectivity index (χ2v) is 5.03. The Bertz CT molecular complexity index is 547. The number of nitrogens with one attached hydrogen (secondary N) is 1. The Labute approximate surface area is 113 Å². The lowest BCUT2D eigenvalue weighted by atomic mass is 10.0. The second-order valence-electron chi connectivity index (χ2n) is 5.03. The number of nitriles is 1. The molecule has 1 atom stereocenters. The molecule has 0 aliphatic carbocycles. The number of carbonyl (C=O) groups excluding carboxylic acids is 1. The average Bonchev–Trinajstić information content (AvgIpc) is 2.37. The van der Waals surface area contributed by atoms with Crippen LogP contribution in [0.2, 0.25) is 0 Å². The molecule has 1 aliphatic rings. The Morgan fingerprint density at radius 1 is 1.53 bits per heavy atom. The van der Waals surface area contributed by atoms with E-state index in [1.165, 1.54) is 0 Å². The molecule has 1 heterocycles. The number of carbonyl (C=O) groups is 1. The third kappa shape index (κ3) is 2.79. The number of nitrogens with two attached hydrogens (primary N) is 1. The summed E-state index contributed by atoms with van der Waals surface area (Å²) in [6.07, 6.45) is 1.24. The van der Waals surface area contributed by atoms with Crippen LogP contribution in [0.3, 0.4) is 0 Å². The third-order valence-corrected chi connectivity index (χ3v) is 3.33. The minimum absolute atomic E-state index is 0.0334. The summed E-state index contributed by atoms with van der Waals surface area (Å²) in [4.78, 5) is 13.3.